The van der Waals surface area contributed by atoms with Crippen LogP contribution >= 0.6 is 23.2 Å². The molecule has 1 aromatic carbocycles. The Labute approximate surface area is 133 Å². The van der Waals surface area contributed by atoms with E-state index in [4.69, 9.17) is 33.7 Å². The third-order valence-electron chi connectivity index (χ3n) is 3.04. The second-order valence-electron chi connectivity index (χ2n) is 4.94. The van der Waals surface area contributed by atoms with Gasteiger partial charge in [0.15, 0.2) is 0 Å². The van der Waals surface area contributed by atoms with Crippen molar-refractivity contribution in [2.24, 2.45) is 0 Å². The number of benzene rings is 1. The summed E-state index contributed by atoms with van der Waals surface area (Å²) in [6.45, 7) is 3.93. The minimum Gasteiger partial charge on any atom is -0.456 e. The second kappa shape index (κ2) is 6.41. The Kier molecular flexibility index (Phi) is 4.80. The van der Waals surface area contributed by atoms with Crippen LogP contribution in [0.2, 0.25) is 10.0 Å². The fourth-order valence-corrected chi connectivity index (χ4v) is 2.48. The van der Waals surface area contributed by atoms with Crippen molar-refractivity contribution in [3.63, 3.8) is 0 Å². The number of hydrogen-bond acceptors (Lipinski definition) is 3. The number of hydrogen-bond donors (Lipinski definition) is 1. The van der Waals surface area contributed by atoms with Crippen molar-refractivity contribution in [3.05, 3.63) is 51.8 Å². The van der Waals surface area contributed by atoms with Gasteiger partial charge < -0.3 is 15.0 Å². The van der Waals surface area contributed by atoms with E-state index in [1.807, 2.05) is 13.8 Å². The Bertz CT molecular complexity index is 645. The Balaban J connectivity index is 2.16. The van der Waals surface area contributed by atoms with E-state index in [0.29, 0.717) is 27.0 Å². The average molecular weight is 327 g/mol. The number of nitrogen functional groups attached to an aromatic ring is 1. The van der Waals surface area contributed by atoms with Crippen LogP contribution in [0.3, 0.4) is 0 Å². The third kappa shape index (κ3) is 3.52. The monoisotopic (exact) mass is 326 g/mol. The van der Waals surface area contributed by atoms with Crippen molar-refractivity contribution < 1.29 is 9.53 Å². The third-order valence-corrected chi connectivity index (χ3v) is 3.75. The Morgan fingerprint density at radius 3 is 2.52 bits per heavy atom. The fourth-order valence-electron chi connectivity index (χ4n) is 1.97. The van der Waals surface area contributed by atoms with Gasteiger partial charge in [0.2, 0.25) is 0 Å². The Hall–Kier alpha value is -1.65. The number of nitrogens with zero attached hydrogens (tertiary/aromatic N) is 1. The molecule has 0 saturated heterocycles. The van der Waals surface area contributed by atoms with Gasteiger partial charge in [-0.3, -0.25) is 0 Å². The molecule has 0 spiro atoms. The summed E-state index contributed by atoms with van der Waals surface area (Å²) in [4.78, 5) is 12.2. The number of anilines is 1. The van der Waals surface area contributed by atoms with Crippen LogP contribution in [0.5, 0.6) is 0 Å². The van der Waals surface area contributed by atoms with Crippen molar-refractivity contribution >= 4 is 34.9 Å². The lowest BCUT2D eigenvalue weighted by atomic mass is 10.2. The van der Waals surface area contributed by atoms with Crippen molar-refractivity contribution in [2.45, 2.75) is 26.5 Å². The Morgan fingerprint density at radius 1 is 1.33 bits per heavy atom. The number of carbonyl (C=O) groups excluding carboxylic acids is 1. The number of ether oxygens (including phenoxy) is 1. The van der Waals surface area contributed by atoms with Crippen molar-refractivity contribution in [1.29, 1.82) is 0 Å². The van der Waals surface area contributed by atoms with E-state index in [9.17, 15) is 4.79 Å². The maximum Gasteiger partial charge on any atom is 0.355 e. The minimum atomic E-state index is -0.462. The maximum atomic E-state index is 12.2. The number of nitrogens with two attached hydrogens (primary N) is 1. The molecule has 0 aliphatic carbocycles. The lowest BCUT2D eigenvalue weighted by Crippen LogP contribution is -2.13. The SMILES string of the molecule is CC(C)n1cc(N)cc1C(=O)OCc1c(Cl)cccc1Cl. The Morgan fingerprint density at radius 2 is 1.95 bits per heavy atom. The molecular weight excluding hydrogens is 311 g/mol. The largest absolute Gasteiger partial charge is 0.456 e. The highest BCUT2D eigenvalue weighted by molar-refractivity contribution is 6.35. The van der Waals surface area contributed by atoms with Crippen LogP contribution in [0.1, 0.15) is 35.9 Å². The molecule has 21 heavy (non-hydrogen) atoms. The molecule has 2 N–H and O–H groups in total. The number of aromatic nitrogens is 1. The molecule has 0 radical (unpaired) electrons. The van der Waals surface area contributed by atoms with E-state index in [-0.39, 0.29) is 12.6 Å². The van der Waals surface area contributed by atoms with Crippen molar-refractivity contribution in [1.82, 2.24) is 4.57 Å². The summed E-state index contributed by atoms with van der Waals surface area (Å²) < 4.78 is 7.07. The van der Waals surface area contributed by atoms with Gasteiger partial charge in [0.1, 0.15) is 12.3 Å². The second-order valence-corrected chi connectivity index (χ2v) is 5.75. The van der Waals surface area contributed by atoms with Gasteiger partial charge in [0, 0.05) is 27.8 Å². The number of esters is 1. The molecule has 1 aromatic heterocycles. The van der Waals surface area contributed by atoms with Crippen molar-refractivity contribution in [3.8, 4) is 0 Å². The average Bonchev–Trinajstić information content (AvgIpc) is 2.80. The molecule has 0 atom stereocenters. The first-order valence-corrected chi connectivity index (χ1v) is 7.23. The van der Waals surface area contributed by atoms with Crippen LogP contribution < -0.4 is 5.73 Å². The summed E-state index contributed by atoms with van der Waals surface area (Å²) in [6, 6.07) is 6.84. The summed E-state index contributed by atoms with van der Waals surface area (Å²) in [6.07, 6.45) is 1.71. The van der Waals surface area contributed by atoms with Gasteiger partial charge in [-0.15, -0.1) is 0 Å². The highest BCUT2D eigenvalue weighted by atomic mass is 35.5. The molecule has 2 aromatic rings. The summed E-state index contributed by atoms with van der Waals surface area (Å²) in [5.74, 6) is -0.462. The standard InChI is InChI=1S/C15H16Cl2N2O2/c1-9(2)19-7-10(18)6-14(19)15(20)21-8-11-12(16)4-3-5-13(11)17/h3-7,9H,8,18H2,1-2H3. The molecule has 0 bridgehead atoms. The molecule has 0 unspecified atom stereocenters. The van der Waals surface area contributed by atoms with E-state index >= 15 is 0 Å². The summed E-state index contributed by atoms with van der Waals surface area (Å²) >= 11 is 12.1. The first-order valence-electron chi connectivity index (χ1n) is 6.47. The summed E-state index contributed by atoms with van der Waals surface area (Å²) in [5.41, 5.74) is 7.26. The molecule has 2 rings (SSSR count). The van der Waals surface area contributed by atoms with E-state index in [1.54, 1.807) is 35.0 Å². The van der Waals surface area contributed by atoms with Gasteiger partial charge in [-0.2, -0.15) is 0 Å². The fraction of sp³-hybridized carbons (Fsp3) is 0.267. The van der Waals surface area contributed by atoms with Crippen LogP contribution in [0.4, 0.5) is 5.69 Å². The molecule has 6 heteroatoms. The van der Waals surface area contributed by atoms with Crippen molar-refractivity contribution in [2.75, 3.05) is 5.73 Å². The normalized spacial score (nSPS) is 10.9. The number of rotatable bonds is 4. The highest BCUT2D eigenvalue weighted by Gasteiger charge is 2.17. The van der Waals surface area contributed by atoms with E-state index in [1.165, 1.54) is 0 Å². The number of carbonyl (C=O) groups is 1. The molecule has 4 nitrogen and oxygen atoms in total. The van der Waals surface area contributed by atoms with Crippen LogP contribution in [0, 0.1) is 0 Å². The topological polar surface area (TPSA) is 57.2 Å². The van der Waals surface area contributed by atoms with Crippen LogP contribution in [0.25, 0.3) is 0 Å². The predicted molar refractivity (Wildman–Crippen MR) is 84.8 cm³/mol. The summed E-state index contributed by atoms with van der Waals surface area (Å²) in [7, 11) is 0. The molecule has 0 amide bonds. The van der Waals surface area contributed by atoms with Crippen LogP contribution in [-0.2, 0) is 11.3 Å². The van der Waals surface area contributed by atoms with Gasteiger partial charge in [-0.1, -0.05) is 29.3 Å². The molecule has 0 saturated carbocycles. The highest BCUT2D eigenvalue weighted by Crippen LogP contribution is 2.25. The van der Waals surface area contributed by atoms with E-state index in [0.717, 1.165) is 0 Å². The lowest BCUT2D eigenvalue weighted by molar-refractivity contribution is 0.0458. The summed E-state index contributed by atoms with van der Waals surface area (Å²) in [5, 5.41) is 0.933. The molecule has 0 aliphatic heterocycles. The zero-order chi connectivity index (χ0) is 15.6. The van der Waals surface area contributed by atoms with Crippen LogP contribution in [0.15, 0.2) is 30.5 Å². The zero-order valence-electron chi connectivity index (χ0n) is 11.8. The van der Waals surface area contributed by atoms with E-state index in [2.05, 4.69) is 0 Å². The van der Waals surface area contributed by atoms with E-state index < -0.39 is 5.97 Å². The molecule has 0 aliphatic rings. The van der Waals surface area contributed by atoms with Gasteiger partial charge in [0.05, 0.1) is 5.69 Å². The maximum absolute atomic E-state index is 12.2. The molecule has 1 heterocycles. The minimum absolute atomic E-state index is 0.0144. The first-order chi connectivity index (χ1) is 9.90. The zero-order valence-corrected chi connectivity index (χ0v) is 13.3. The molecular formula is C15H16Cl2N2O2. The van der Waals surface area contributed by atoms with Gasteiger partial charge in [0.25, 0.3) is 0 Å². The quantitative estimate of drug-likeness (QED) is 0.851. The van der Waals surface area contributed by atoms with Crippen LogP contribution in [-0.4, -0.2) is 10.5 Å². The number of halogens is 2. The van der Waals surface area contributed by atoms with Gasteiger partial charge in [-0.05, 0) is 32.0 Å². The first kappa shape index (κ1) is 15.7. The van der Waals surface area contributed by atoms with Gasteiger partial charge >= 0.3 is 5.97 Å². The van der Waals surface area contributed by atoms with Gasteiger partial charge in [-0.25, -0.2) is 4.79 Å². The molecule has 112 valence electrons. The lowest BCUT2D eigenvalue weighted by Gasteiger charge is -2.13. The molecule has 0 fully saturated rings. The smallest absolute Gasteiger partial charge is 0.355 e. The predicted octanol–water partition coefficient (Wildman–Crippen LogP) is 4.32.